The zero-order chi connectivity index (χ0) is 27.8. The molecule has 1 amide bonds. The molecule has 7 heteroatoms. The zero-order valence-electron chi connectivity index (χ0n) is 23.3. The van der Waals surface area contributed by atoms with Gasteiger partial charge in [-0.2, -0.15) is 0 Å². The van der Waals surface area contributed by atoms with Gasteiger partial charge in [-0.15, -0.1) is 0 Å². The summed E-state index contributed by atoms with van der Waals surface area (Å²) < 4.78 is 38.5. The lowest BCUT2D eigenvalue weighted by molar-refractivity contribution is 0.0786. The molecule has 0 N–H and O–H groups in total. The number of rotatable bonds is 10. The minimum atomic E-state index is -0.626. The van der Waals surface area contributed by atoms with Gasteiger partial charge >= 0.3 is 0 Å². The van der Waals surface area contributed by atoms with E-state index < -0.39 is 11.6 Å². The van der Waals surface area contributed by atoms with E-state index in [-0.39, 0.29) is 5.91 Å². The van der Waals surface area contributed by atoms with Crippen LogP contribution in [0.4, 0.5) is 8.78 Å². The fourth-order valence-corrected chi connectivity index (χ4v) is 5.69. The van der Waals surface area contributed by atoms with Gasteiger partial charge in [-0.05, 0) is 74.9 Å². The van der Waals surface area contributed by atoms with Crippen LogP contribution in [0.1, 0.15) is 67.8 Å². The van der Waals surface area contributed by atoms with Gasteiger partial charge in [0.15, 0.2) is 11.5 Å². The van der Waals surface area contributed by atoms with Gasteiger partial charge in [0.1, 0.15) is 11.6 Å². The van der Waals surface area contributed by atoms with Gasteiger partial charge in [-0.25, -0.2) is 8.78 Å². The molecule has 0 unspecified atom stereocenters. The summed E-state index contributed by atoms with van der Waals surface area (Å²) in [6.45, 7) is 4.75. The third-order valence-electron chi connectivity index (χ3n) is 7.74. The molecule has 0 bridgehead atoms. The summed E-state index contributed by atoms with van der Waals surface area (Å²) in [4.78, 5) is 18.0. The fraction of sp³-hybridized carbons (Fsp3) is 0.469. The van der Waals surface area contributed by atoms with E-state index >= 15 is 0 Å². The van der Waals surface area contributed by atoms with Gasteiger partial charge in [0.05, 0.1) is 14.2 Å². The molecule has 0 radical (unpaired) electrons. The van der Waals surface area contributed by atoms with Crippen molar-refractivity contribution in [2.75, 3.05) is 40.4 Å². The standard InChI is InChI=1S/C32H40F2N2O3/c1-23(18-25-11-13-27(33)20-29(25)34)21-36(32(37)26-12-14-30(38-2)31(19-26)39-3)17-15-28-10-7-16-35(28)22-24-8-5-4-6-9-24/h11-15,18-20,24H,4-10,16-17,21-22H2,1-3H3/b23-18+,28-15+. The van der Waals surface area contributed by atoms with Crippen molar-refractivity contribution in [2.24, 2.45) is 5.92 Å². The van der Waals surface area contributed by atoms with Crippen LogP contribution in [0.2, 0.25) is 0 Å². The van der Waals surface area contributed by atoms with E-state index in [0.29, 0.717) is 35.7 Å². The molecule has 4 rings (SSSR count). The van der Waals surface area contributed by atoms with Gasteiger partial charge in [0.25, 0.3) is 5.91 Å². The molecule has 1 aliphatic heterocycles. The van der Waals surface area contributed by atoms with Crippen molar-refractivity contribution in [1.82, 2.24) is 9.80 Å². The number of carbonyl (C=O) groups excluding carboxylic acids is 1. The van der Waals surface area contributed by atoms with Crippen LogP contribution >= 0.6 is 0 Å². The lowest BCUT2D eigenvalue weighted by Crippen LogP contribution is -2.33. The van der Waals surface area contributed by atoms with E-state index in [1.807, 2.05) is 6.92 Å². The summed E-state index contributed by atoms with van der Waals surface area (Å²) in [6.07, 6.45) is 12.6. The third kappa shape index (κ3) is 7.61. The molecule has 2 fully saturated rings. The summed E-state index contributed by atoms with van der Waals surface area (Å²) in [5.41, 5.74) is 2.87. The first kappa shape index (κ1) is 28.7. The number of carbonyl (C=O) groups is 1. The summed E-state index contributed by atoms with van der Waals surface area (Å²) >= 11 is 0. The number of likely N-dealkylation sites (tertiary alicyclic amines) is 1. The number of methoxy groups -OCH3 is 2. The maximum absolute atomic E-state index is 14.3. The van der Waals surface area contributed by atoms with Gasteiger partial charge in [0, 0.05) is 49.1 Å². The van der Waals surface area contributed by atoms with E-state index in [1.54, 1.807) is 43.4 Å². The number of ether oxygens (including phenoxy) is 2. The summed E-state index contributed by atoms with van der Waals surface area (Å²) in [5.74, 6) is 0.385. The molecule has 210 valence electrons. The lowest BCUT2D eigenvalue weighted by Gasteiger charge is -2.29. The first-order valence-corrected chi connectivity index (χ1v) is 14.0. The monoisotopic (exact) mass is 538 g/mol. The Morgan fingerprint density at radius 2 is 1.79 bits per heavy atom. The van der Waals surface area contributed by atoms with Crippen LogP contribution in [0.5, 0.6) is 11.5 Å². The van der Waals surface area contributed by atoms with Crippen molar-refractivity contribution in [3.8, 4) is 11.5 Å². The molecular weight excluding hydrogens is 498 g/mol. The van der Waals surface area contributed by atoms with Gasteiger partial charge in [-0.3, -0.25) is 4.79 Å². The number of hydrogen-bond acceptors (Lipinski definition) is 4. The maximum atomic E-state index is 14.3. The number of halogens is 2. The van der Waals surface area contributed by atoms with Crippen LogP contribution in [-0.4, -0.2) is 56.1 Å². The predicted octanol–water partition coefficient (Wildman–Crippen LogP) is 7.09. The molecule has 1 heterocycles. The van der Waals surface area contributed by atoms with E-state index in [4.69, 9.17) is 9.47 Å². The summed E-state index contributed by atoms with van der Waals surface area (Å²) in [7, 11) is 3.10. The number of allylic oxidation sites excluding steroid dienone is 1. The molecule has 39 heavy (non-hydrogen) atoms. The number of nitrogens with zero attached hydrogens (tertiary/aromatic N) is 2. The Hall–Kier alpha value is -3.35. The van der Waals surface area contributed by atoms with Gasteiger partial charge < -0.3 is 19.3 Å². The van der Waals surface area contributed by atoms with Crippen molar-refractivity contribution in [1.29, 1.82) is 0 Å². The minimum Gasteiger partial charge on any atom is -0.493 e. The molecule has 2 aliphatic rings. The first-order valence-electron chi connectivity index (χ1n) is 14.0. The van der Waals surface area contributed by atoms with E-state index in [1.165, 1.54) is 49.9 Å². The summed E-state index contributed by atoms with van der Waals surface area (Å²) in [5, 5.41) is 0. The SMILES string of the molecule is COc1ccc(C(=O)N(C/C=C2\CCCN2CC2CCCCC2)C/C(C)=C/c2ccc(F)cc2F)cc1OC. The molecule has 0 aromatic heterocycles. The van der Waals surface area contributed by atoms with Crippen molar-refractivity contribution in [3.63, 3.8) is 0 Å². The number of benzene rings is 2. The number of hydrogen-bond donors (Lipinski definition) is 0. The topological polar surface area (TPSA) is 42.0 Å². The van der Waals surface area contributed by atoms with Crippen LogP contribution in [0.25, 0.3) is 6.08 Å². The van der Waals surface area contributed by atoms with Crippen molar-refractivity contribution in [2.45, 2.75) is 51.9 Å². The van der Waals surface area contributed by atoms with Gasteiger partial charge in [-0.1, -0.05) is 30.9 Å². The highest BCUT2D eigenvalue weighted by Gasteiger charge is 2.23. The highest BCUT2D eigenvalue weighted by atomic mass is 19.1. The second-order valence-corrected chi connectivity index (χ2v) is 10.7. The summed E-state index contributed by atoms with van der Waals surface area (Å²) in [6, 6.07) is 8.66. The van der Waals surface area contributed by atoms with E-state index in [9.17, 15) is 13.6 Å². The van der Waals surface area contributed by atoms with E-state index in [0.717, 1.165) is 43.5 Å². The van der Waals surface area contributed by atoms with Crippen LogP contribution in [0.15, 0.2) is 53.7 Å². The second kappa shape index (κ2) is 13.6. The van der Waals surface area contributed by atoms with E-state index in [2.05, 4.69) is 11.0 Å². The normalized spacial score (nSPS) is 17.5. The van der Waals surface area contributed by atoms with Crippen LogP contribution in [0.3, 0.4) is 0 Å². The zero-order valence-corrected chi connectivity index (χ0v) is 23.3. The smallest absolute Gasteiger partial charge is 0.254 e. The van der Waals surface area contributed by atoms with Crippen LogP contribution in [-0.2, 0) is 0 Å². The Balaban J connectivity index is 1.56. The molecular formula is C32H40F2N2O3. The van der Waals surface area contributed by atoms with Crippen LogP contribution < -0.4 is 9.47 Å². The molecule has 1 aliphatic carbocycles. The fourth-order valence-electron chi connectivity index (χ4n) is 5.69. The van der Waals surface area contributed by atoms with Crippen LogP contribution in [0, 0.1) is 17.6 Å². The Labute approximate surface area is 231 Å². The molecule has 5 nitrogen and oxygen atoms in total. The molecule has 2 aromatic carbocycles. The molecule has 2 aromatic rings. The molecule has 1 saturated heterocycles. The minimum absolute atomic E-state index is 0.156. The Morgan fingerprint density at radius 1 is 1.03 bits per heavy atom. The highest BCUT2D eigenvalue weighted by molar-refractivity contribution is 5.95. The van der Waals surface area contributed by atoms with Crippen molar-refractivity contribution < 1.29 is 23.0 Å². The predicted molar refractivity (Wildman–Crippen MR) is 151 cm³/mol. The average molecular weight is 539 g/mol. The Bertz CT molecular complexity index is 1200. The Morgan fingerprint density at radius 3 is 2.51 bits per heavy atom. The van der Waals surface area contributed by atoms with Gasteiger partial charge in [0.2, 0.25) is 0 Å². The molecule has 0 atom stereocenters. The second-order valence-electron chi connectivity index (χ2n) is 10.7. The van der Waals surface area contributed by atoms with Crippen molar-refractivity contribution in [3.05, 3.63) is 76.5 Å². The third-order valence-corrected chi connectivity index (χ3v) is 7.74. The quantitative estimate of drug-likeness (QED) is 0.324. The number of amides is 1. The lowest BCUT2D eigenvalue weighted by atomic mass is 9.89. The average Bonchev–Trinajstić information content (AvgIpc) is 3.39. The first-order chi connectivity index (χ1) is 18.9. The Kier molecular flexibility index (Phi) is 10.0. The van der Waals surface area contributed by atoms with Crippen molar-refractivity contribution >= 4 is 12.0 Å². The molecule has 0 spiro atoms. The molecule has 1 saturated carbocycles. The largest absolute Gasteiger partial charge is 0.493 e. The highest BCUT2D eigenvalue weighted by Crippen LogP contribution is 2.30. The maximum Gasteiger partial charge on any atom is 0.254 e.